The Morgan fingerprint density at radius 1 is 0.923 bits per heavy atom. The van der Waals surface area contributed by atoms with E-state index < -0.39 is 28.5 Å². The number of anilines is 1. The van der Waals surface area contributed by atoms with Gasteiger partial charge in [0.15, 0.2) is 0 Å². The molecule has 1 saturated carbocycles. The third kappa shape index (κ3) is 7.40. The minimum Gasteiger partial charge on any atom is -0.352 e. The average molecular weight is 568 g/mol. The van der Waals surface area contributed by atoms with Crippen LogP contribution in [0.4, 0.5) is 5.69 Å². The van der Waals surface area contributed by atoms with E-state index in [0.717, 1.165) is 35.6 Å². The molecule has 1 atom stereocenters. The number of amides is 2. The molecule has 9 heteroatoms. The lowest BCUT2D eigenvalue weighted by molar-refractivity contribution is -0.139. The van der Waals surface area contributed by atoms with E-state index in [1.807, 2.05) is 30.3 Å². The van der Waals surface area contributed by atoms with Crippen LogP contribution in [-0.4, -0.2) is 50.3 Å². The molecule has 206 valence electrons. The first-order valence-corrected chi connectivity index (χ1v) is 15.0. The van der Waals surface area contributed by atoms with Gasteiger partial charge in [-0.15, -0.1) is 0 Å². The van der Waals surface area contributed by atoms with Crippen LogP contribution in [0.2, 0.25) is 5.02 Å². The molecule has 39 heavy (non-hydrogen) atoms. The first kappa shape index (κ1) is 28.6. The summed E-state index contributed by atoms with van der Waals surface area (Å²) in [5, 5.41) is 3.53. The Morgan fingerprint density at radius 2 is 1.51 bits per heavy atom. The van der Waals surface area contributed by atoms with Crippen LogP contribution in [0.1, 0.15) is 38.2 Å². The van der Waals surface area contributed by atoms with Crippen molar-refractivity contribution >= 4 is 39.1 Å². The summed E-state index contributed by atoms with van der Waals surface area (Å²) in [5.41, 5.74) is 1.33. The number of sulfonamides is 1. The first-order chi connectivity index (χ1) is 18.8. The number of hydrogen-bond acceptors (Lipinski definition) is 4. The Hall–Kier alpha value is -3.36. The lowest BCUT2D eigenvalue weighted by atomic mass is 10.1. The van der Waals surface area contributed by atoms with E-state index in [1.54, 1.807) is 49.4 Å². The number of rotatable bonds is 11. The van der Waals surface area contributed by atoms with Crippen LogP contribution in [0, 0.1) is 0 Å². The van der Waals surface area contributed by atoms with E-state index >= 15 is 0 Å². The zero-order chi connectivity index (χ0) is 27.8. The van der Waals surface area contributed by atoms with Crippen molar-refractivity contribution < 1.29 is 18.0 Å². The lowest BCUT2D eigenvalue weighted by Crippen LogP contribution is -2.53. The number of carbonyl (C=O) groups excluding carboxylic acids is 2. The number of nitrogens with zero attached hydrogens (tertiary/aromatic N) is 2. The first-order valence-electron chi connectivity index (χ1n) is 13.2. The molecule has 0 saturated heterocycles. The molecule has 1 unspecified atom stereocenters. The molecule has 2 amide bonds. The van der Waals surface area contributed by atoms with Crippen molar-refractivity contribution in [2.24, 2.45) is 0 Å². The van der Waals surface area contributed by atoms with E-state index in [4.69, 9.17) is 11.6 Å². The van der Waals surface area contributed by atoms with Gasteiger partial charge in [-0.05, 0) is 68.1 Å². The van der Waals surface area contributed by atoms with Gasteiger partial charge in [0.2, 0.25) is 11.8 Å². The molecular formula is C30H34ClN3O4S. The third-order valence-electron chi connectivity index (χ3n) is 7.08. The van der Waals surface area contributed by atoms with Crippen LogP contribution in [0.5, 0.6) is 0 Å². The molecule has 7 nitrogen and oxygen atoms in total. The smallest absolute Gasteiger partial charge is 0.264 e. The molecular weight excluding hydrogens is 534 g/mol. The Balaban J connectivity index is 1.62. The molecule has 0 heterocycles. The van der Waals surface area contributed by atoms with Crippen LogP contribution in [-0.2, 0) is 26.0 Å². The largest absolute Gasteiger partial charge is 0.352 e. The highest BCUT2D eigenvalue weighted by Crippen LogP contribution is 2.26. The number of hydrogen-bond donors (Lipinski definition) is 1. The van der Waals surface area contributed by atoms with Gasteiger partial charge in [0.05, 0.1) is 10.6 Å². The fraction of sp³-hybridized carbons (Fsp3) is 0.333. The van der Waals surface area contributed by atoms with Crippen molar-refractivity contribution in [1.82, 2.24) is 10.2 Å². The SMILES string of the molecule is CC(C(=O)NC1CCCC1)N(CCc1ccccc1)C(=O)CN(c1ccc(Cl)cc1)S(=O)(=O)c1ccccc1. The van der Waals surface area contributed by atoms with Crippen LogP contribution < -0.4 is 9.62 Å². The highest BCUT2D eigenvalue weighted by atomic mass is 35.5. The van der Waals surface area contributed by atoms with Gasteiger partial charge in [-0.25, -0.2) is 8.42 Å². The zero-order valence-electron chi connectivity index (χ0n) is 22.0. The molecule has 0 aliphatic heterocycles. The van der Waals surface area contributed by atoms with E-state index in [9.17, 15) is 18.0 Å². The van der Waals surface area contributed by atoms with Crippen molar-refractivity contribution in [3.63, 3.8) is 0 Å². The normalized spacial score (nSPS) is 14.5. The molecule has 4 rings (SSSR count). The van der Waals surface area contributed by atoms with Gasteiger partial charge in [0.25, 0.3) is 10.0 Å². The molecule has 0 radical (unpaired) electrons. The molecule has 3 aromatic rings. The molecule has 3 aromatic carbocycles. The minimum atomic E-state index is -4.09. The van der Waals surface area contributed by atoms with Gasteiger partial charge in [-0.3, -0.25) is 13.9 Å². The molecule has 1 aliphatic rings. The van der Waals surface area contributed by atoms with Crippen LogP contribution in [0.25, 0.3) is 0 Å². The maximum atomic E-state index is 13.9. The van der Waals surface area contributed by atoms with Gasteiger partial charge >= 0.3 is 0 Å². The van der Waals surface area contributed by atoms with Crippen molar-refractivity contribution in [2.45, 2.75) is 56.0 Å². The Bertz CT molecular complexity index is 1350. The summed E-state index contributed by atoms with van der Waals surface area (Å²) < 4.78 is 28.5. The van der Waals surface area contributed by atoms with Crippen LogP contribution in [0.3, 0.4) is 0 Å². The van der Waals surface area contributed by atoms with E-state index in [2.05, 4.69) is 5.32 Å². The molecule has 0 spiro atoms. The number of halogens is 1. The van der Waals surface area contributed by atoms with Crippen LogP contribution >= 0.6 is 11.6 Å². The van der Waals surface area contributed by atoms with Crippen molar-refractivity contribution in [3.05, 3.63) is 95.5 Å². The third-order valence-corrected chi connectivity index (χ3v) is 9.12. The fourth-order valence-electron chi connectivity index (χ4n) is 4.82. The number of nitrogens with one attached hydrogen (secondary N) is 1. The molecule has 1 N–H and O–H groups in total. The second-order valence-corrected chi connectivity index (χ2v) is 12.1. The predicted octanol–water partition coefficient (Wildman–Crippen LogP) is 5.05. The topological polar surface area (TPSA) is 86.8 Å². The zero-order valence-corrected chi connectivity index (χ0v) is 23.6. The summed E-state index contributed by atoms with van der Waals surface area (Å²) in [6.07, 6.45) is 4.53. The van der Waals surface area contributed by atoms with Crippen molar-refractivity contribution in [1.29, 1.82) is 0 Å². The highest BCUT2D eigenvalue weighted by molar-refractivity contribution is 7.92. The second-order valence-electron chi connectivity index (χ2n) is 9.79. The second kappa shape index (κ2) is 13.1. The standard InChI is InChI=1S/C30H34ClN3O4S/c1-23(30(36)32-26-12-8-9-13-26)33(21-20-24-10-4-2-5-11-24)29(35)22-34(27-18-16-25(31)17-19-27)39(37,38)28-14-6-3-7-15-28/h2-7,10-11,14-19,23,26H,8-9,12-13,20-22H2,1H3,(H,32,36). The summed E-state index contributed by atoms with van der Waals surface area (Å²) >= 11 is 6.06. The summed E-state index contributed by atoms with van der Waals surface area (Å²) in [4.78, 5) is 28.7. The molecule has 0 aromatic heterocycles. The number of benzene rings is 3. The Morgan fingerprint density at radius 3 is 2.13 bits per heavy atom. The lowest BCUT2D eigenvalue weighted by Gasteiger charge is -2.32. The van der Waals surface area contributed by atoms with E-state index in [1.165, 1.54) is 17.0 Å². The minimum absolute atomic E-state index is 0.0654. The van der Waals surface area contributed by atoms with Crippen LogP contribution in [0.15, 0.2) is 89.8 Å². The monoisotopic (exact) mass is 567 g/mol. The van der Waals surface area contributed by atoms with Gasteiger partial charge < -0.3 is 10.2 Å². The quantitative estimate of drug-likeness (QED) is 0.351. The summed E-state index contributed by atoms with van der Waals surface area (Å²) in [6.45, 7) is 1.50. The number of carbonyl (C=O) groups is 2. The van der Waals surface area contributed by atoms with Gasteiger partial charge in [-0.1, -0.05) is 73.0 Å². The van der Waals surface area contributed by atoms with Gasteiger partial charge in [-0.2, -0.15) is 0 Å². The summed E-state index contributed by atoms with van der Waals surface area (Å²) in [5.74, 6) is -0.693. The van der Waals surface area contributed by atoms with Crippen molar-refractivity contribution in [3.8, 4) is 0 Å². The molecule has 0 bridgehead atoms. The van der Waals surface area contributed by atoms with E-state index in [-0.39, 0.29) is 23.4 Å². The van der Waals surface area contributed by atoms with Gasteiger partial charge in [0, 0.05) is 17.6 Å². The highest BCUT2D eigenvalue weighted by Gasteiger charge is 2.33. The fourth-order valence-corrected chi connectivity index (χ4v) is 6.38. The van der Waals surface area contributed by atoms with E-state index in [0.29, 0.717) is 17.1 Å². The maximum Gasteiger partial charge on any atom is 0.264 e. The maximum absolute atomic E-state index is 13.9. The predicted molar refractivity (Wildman–Crippen MR) is 154 cm³/mol. The molecule has 1 aliphatic carbocycles. The Kier molecular flexibility index (Phi) is 9.64. The van der Waals surface area contributed by atoms with Gasteiger partial charge in [0.1, 0.15) is 12.6 Å². The van der Waals surface area contributed by atoms with Crippen molar-refractivity contribution in [2.75, 3.05) is 17.4 Å². The molecule has 1 fully saturated rings. The Labute approximate surface area is 235 Å². The average Bonchev–Trinajstić information content (AvgIpc) is 3.46. The summed E-state index contributed by atoms with van der Waals surface area (Å²) in [6, 6.07) is 23.3. The summed E-state index contributed by atoms with van der Waals surface area (Å²) in [7, 11) is -4.09.